The van der Waals surface area contributed by atoms with E-state index in [0.29, 0.717) is 12.3 Å². The number of nitrogens with zero attached hydrogens (tertiary/aromatic N) is 3. The molecule has 0 amide bonds. The Morgan fingerprint density at radius 2 is 1.71 bits per heavy atom. The summed E-state index contributed by atoms with van der Waals surface area (Å²) in [5.41, 5.74) is -7.25. The van der Waals surface area contributed by atoms with Gasteiger partial charge in [-0.25, -0.2) is 17.8 Å². The summed E-state index contributed by atoms with van der Waals surface area (Å²) in [5.74, 6) is -1.74. The van der Waals surface area contributed by atoms with E-state index in [-0.39, 0.29) is 11.0 Å². The van der Waals surface area contributed by atoms with Crippen molar-refractivity contribution >= 4 is 32.6 Å². The Balaban J connectivity index is 2.31. The van der Waals surface area contributed by atoms with Gasteiger partial charge in [0.25, 0.3) is 0 Å². The normalized spacial score (nSPS) is 13.2. The van der Waals surface area contributed by atoms with E-state index in [0.717, 1.165) is 16.8 Å². The largest absolute Gasteiger partial charge is 0.446 e. The van der Waals surface area contributed by atoms with Gasteiger partial charge in [0, 0.05) is 24.3 Å². The second kappa shape index (κ2) is 7.65. The minimum Gasteiger partial charge on any atom is -0.325 e. The predicted octanol–water partition coefficient (Wildman–Crippen LogP) is 5.20. The number of aryl methyl sites for hydroxylation is 1. The lowest BCUT2D eigenvalue weighted by Crippen LogP contribution is -2.13. The van der Waals surface area contributed by atoms with Crippen molar-refractivity contribution in [3.05, 3.63) is 35.9 Å². The number of hydrogen-bond acceptors (Lipinski definition) is 5. The van der Waals surface area contributed by atoms with E-state index >= 15 is 4.39 Å². The smallest absolute Gasteiger partial charge is 0.325 e. The van der Waals surface area contributed by atoms with Crippen LogP contribution in [0.5, 0.6) is 0 Å². The van der Waals surface area contributed by atoms with Gasteiger partial charge in [-0.1, -0.05) is 6.92 Å². The molecule has 0 bridgehead atoms. The first-order valence-electron chi connectivity index (χ1n) is 8.35. The SMILES string of the molecule is CCS(=O)(=O)c1cc(C(F)(F)F)cnc1-c1c(F)c2cc(SC(F)(F)F)cnc2n1C. The molecule has 0 aliphatic carbocycles. The fourth-order valence-electron chi connectivity index (χ4n) is 2.87. The van der Waals surface area contributed by atoms with Crippen molar-refractivity contribution in [2.45, 2.75) is 28.4 Å². The zero-order chi connectivity index (χ0) is 23.4. The van der Waals surface area contributed by atoms with Crippen LogP contribution in [0.15, 0.2) is 34.3 Å². The molecule has 0 N–H and O–H groups in total. The van der Waals surface area contributed by atoms with Crippen LogP contribution in [0.1, 0.15) is 12.5 Å². The van der Waals surface area contributed by atoms with Crippen LogP contribution in [-0.4, -0.2) is 34.2 Å². The molecule has 3 aromatic heterocycles. The third-order valence-electron chi connectivity index (χ3n) is 4.29. The molecule has 0 aliphatic rings. The number of sulfone groups is 1. The van der Waals surface area contributed by atoms with Crippen LogP contribution in [0.3, 0.4) is 0 Å². The van der Waals surface area contributed by atoms with Gasteiger partial charge in [0.15, 0.2) is 15.7 Å². The maximum Gasteiger partial charge on any atom is 0.446 e. The summed E-state index contributed by atoms with van der Waals surface area (Å²) >= 11 is -0.524. The van der Waals surface area contributed by atoms with E-state index in [4.69, 9.17) is 0 Å². The molecule has 0 fully saturated rings. The summed E-state index contributed by atoms with van der Waals surface area (Å²) in [4.78, 5) is 6.07. The maximum absolute atomic E-state index is 15.2. The highest BCUT2D eigenvalue weighted by Gasteiger charge is 2.35. The van der Waals surface area contributed by atoms with E-state index in [1.54, 1.807) is 0 Å². The van der Waals surface area contributed by atoms with E-state index in [9.17, 15) is 34.8 Å². The van der Waals surface area contributed by atoms with Crippen LogP contribution in [0, 0.1) is 5.82 Å². The lowest BCUT2D eigenvalue weighted by molar-refractivity contribution is -0.138. The third kappa shape index (κ3) is 4.49. The van der Waals surface area contributed by atoms with Crippen molar-refractivity contribution in [3.8, 4) is 11.4 Å². The van der Waals surface area contributed by atoms with Gasteiger partial charge in [0.2, 0.25) is 0 Å². The monoisotopic (exact) mass is 487 g/mol. The second-order valence-electron chi connectivity index (χ2n) is 6.28. The molecule has 0 unspecified atom stereocenters. The first-order valence-corrected chi connectivity index (χ1v) is 10.8. The minimum absolute atomic E-state index is 0.138. The van der Waals surface area contributed by atoms with Crippen LogP contribution in [0.2, 0.25) is 0 Å². The molecule has 5 nitrogen and oxygen atoms in total. The number of aromatic nitrogens is 3. The Bertz CT molecular complexity index is 1270. The molecular formula is C17H12F7N3O2S2. The highest BCUT2D eigenvalue weighted by atomic mass is 32.2. The lowest BCUT2D eigenvalue weighted by atomic mass is 10.2. The van der Waals surface area contributed by atoms with Crippen LogP contribution >= 0.6 is 11.8 Å². The molecule has 168 valence electrons. The topological polar surface area (TPSA) is 64.8 Å². The van der Waals surface area contributed by atoms with Crippen molar-refractivity contribution < 1.29 is 39.2 Å². The van der Waals surface area contributed by atoms with Crippen molar-refractivity contribution in [1.29, 1.82) is 0 Å². The van der Waals surface area contributed by atoms with E-state index in [2.05, 4.69) is 9.97 Å². The van der Waals surface area contributed by atoms with Crippen molar-refractivity contribution in [1.82, 2.24) is 14.5 Å². The van der Waals surface area contributed by atoms with Crippen LogP contribution in [0.4, 0.5) is 30.7 Å². The molecule has 0 saturated carbocycles. The van der Waals surface area contributed by atoms with Crippen LogP contribution < -0.4 is 0 Å². The van der Waals surface area contributed by atoms with Gasteiger partial charge < -0.3 is 4.57 Å². The van der Waals surface area contributed by atoms with Gasteiger partial charge in [-0.2, -0.15) is 26.3 Å². The molecule has 0 spiro atoms. The predicted molar refractivity (Wildman–Crippen MR) is 98.5 cm³/mol. The number of fused-ring (bicyclic) bond motifs is 1. The molecule has 0 saturated heterocycles. The Morgan fingerprint density at radius 1 is 1.06 bits per heavy atom. The molecule has 14 heteroatoms. The quantitative estimate of drug-likeness (QED) is 0.374. The van der Waals surface area contributed by atoms with Crippen molar-refractivity contribution in [2.24, 2.45) is 7.05 Å². The van der Waals surface area contributed by atoms with Gasteiger partial charge in [-0.3, -0.25) is 4.98 Å². The Kier molecular flexibility index (Phi) is 5.76. The average Bonchev–Trinajstić information content (AvgIpc) is 2.89. The Morgan fingerprint density at radius 3 is 2.26 bits per heavy atom. The second-order valence-corrected chi connectivity index (χ2v) is 9.67. The highest BCUT2D eigenvalue weighted by molar-refractivity contribution is 8.00. The first-order chi connectivity index (χ1) is 14.2. The summed E-state index contributed by atoms with van der Waals surface area (Å²) < 4.78 is 118. The average molecular weight is 487 g/mol. The Hall–Kier alpha value is -2.35. The zero-order valence-corrected chi connectivity index (χ0v) is 17.3. The van der Waals surface area contributed by atoms with Crippen molar-refractivity contribution in [3.63, 3.8) is 0 Å². The van der Waals surface area contributed by atoms with Gasteiger partial charge in [-0.15, -0.1) is 0 Å². The highest BCUT2D eigenvalue weighted by Crippen LogP contribution is 2.40. The molecule has 0 atom stereocenters. The van der Waals surface area contributed by atoms with Gasteiger partial charge in [0.05, 0.1) is 21.6 Å². The van der Waals surface area contributed by atoms with E-state index in [1.807, 2.05) is 0 Å². The van der Waals surface area contributed by atoms with Gasteiger partial charge in [-0.05, 0) is 23.9 Å². The minimum atomic E-state index is -4.90. The maximum atomic E-state index is 15.2. The molecule has 31 heavy (non-hydrogen) atoms. The fourth-order valence-corrected chi connectivity index (χ4v) is 4.48. The number of pyridine rings is 2. The summed E-state index contributed by atoms with van der Waals surface area (Å²) in [6.07, 6.45) is -3.68. The number of alkyl halides is 6. The van der Waals surface area contributed by atoms with E-state index < -0.39 is 71.6 Å². The fraction of sp³-hybridized carbons (Fsp3) is 0.294. The summed E-state index contributed by atoms with van der Waals surface area (Å²) in [7, 11) is -3.04. The standard InChI is InChI=1S/C17H12F7N3O2S2/c1-3-31(28,29)11-4-8(16(19,20)21)6-25-13(11)14-12(18)10-5-9(30-17(22,23)24)7-26-15(10)27(14)2/h4-7H,3H2,1-2H3. The molecule has 3 heterocycles. The number of thioether (sulfide) groups is 1. The van der Waals surface area contributed by atoms with Gasteiger partial charge >= 0.3 is 11.7 Å². The van der Waals surface area contributed by atoms with Crippen LogP contribution in [-0.2, 0) is 23.1 Å². The number of rotatable bonds is 4. The first kappa shape index (κ1) is 23.3. The Labute approximate surface area is 175 Å². The molecule has 3 rings (SSSR count). The molecule has 3 aromatic rings. The summed E-state index contributed by atoms with van der Waals surface area (Å²) in [6, 6.07) is 1.23. The van der Waals surface area contributed by atoms with Gasteiger partial charge in [0.1, 0.15) is 17.0 Å². The molecule has 0 aliphatic heterocycles. The molecular weight excluding hydrogens is 475 g/mol. The number of halogens is 7. The third-order valence-corrected chi connectivity index (χ3v) is 6.72. The summed E-state index contributed by atoms with van der Waals surface area (Å²) in [5, 5.41) is -0.367. The zero-order valence-electron chi connectivity index (χ0n) is 15.6. The summed E-state index contributed by atoms with van der Waals surface area (Å²) in [6.45, 7) is 1.19. The van der Waals surface area contributed by atoms with Crippen molar-refractivity contribution in [2.75, 3.05) is 5.75 Å². The number of hydrogen-bond donors (Lipinski definition) is 0. The van der Waals surface area contributed by atoms with Crippen LogP contribution in [0.25, 0.3) is 22.4 Å². The molecule has 0 radical (unpaired) electrons. The van der Waals surface area contributed by atoms with E-state index in [1.165, 1.54) is 14.0 Å². The lowest BCUT2D eigenvalue weighted by Gasteiger charge is -2.13. The molecule has 0 aromatic carbocycles.